The maximum absolute atomic E-state index is 12.6. The standard InChI is InChI=1S/C18H24N2O4S/c1-25-10-9-15(20-16(21)12-5-3-2-4-6-12)17(22)19-14-8-7-13(11-14)18(23)24/h2-6,13-15H,7-11H2,1H3,(H,19,22)(H,20,21)(H,23,24)/t13-,14+,15?/m0/s1. The molecule has 0 radical (unpaired) electrons. The van der Waals surface area contributed by atoms with Gasteiger partial charge in [-0.2, -0.15) is 11.8 Å². The summed E-state index contributed by atoms with van der Waals surface area (Å²) in [6.07, 6.45) is 4.16. The third kappa shape index (κ3) is 5.77. The Hall–Kier alpha value is -2.02. The van der Waals surface area contributed by atoms with Crippen LogP contribution in [0.1, 0.15) is 36.0 Å². The monoisotopic (exact) mass is 364 g/mol. The van der Waals surface area contributed by atoms with Crippen LogP contribution in [0.2, 0.25) is 0 Å². The van der Waals surface area contributed by atoms with Crippen LogP contribution in [0.3, 0.4) is 0 Å². The van der Waals surface area contributed by atoms with Gasteiger partial charge >= 0.3 is 5.97 Å². The number of hydrogen-bond acceptors (Lipinski definition) is 4. The number of carboxylic acids is 1. The van der Waals surface area contributed by atoms with Crippen molar-refractivity contribution in [3.63, 3.8) is 0 Å². The van der Waals surface area contributed by atoms with Crippen LogP contribution in [0.25, 0.3) is 0 Å². The molecule has 0 spiro atoms. The van der Waals surface area contributed by atoms with Crippen LogP contribution < -0.4 is 10.6 Å². The number of hydrogen-bond donors (Lipinski definition) is 3. The van der Waals surface area contributed by atoms with Crippen molar-refractivity contribution in [2.45, 2.75) is 37.8 Å². The Labute approximate surface area is 151 Å². The van der Waals surface area contributed by atoms with Crippen molar-refractivity contribution in [2.75, 3.05) is 12.0 Å². The zero-order valence-electron chi connectivity index (χ0n) is 14.2. The molecule has 2 rings (SSSR count). The first-order valence-corrected chi connectivity index (χ1v) is 9.78. The third-order valence-corrected chi connectivity index (χ3v) is 5.04. The van der Waals surface area contributed by atoms with Crippen molar-refractivity contribution < 1.29 is 19.5 Å². The van der Waals surface area contributed by atoms with E-state index in [-0.39, 0.29) is 17.9 Å². The second-order valence-electron chi connectivity index (χ2n) is 6.23. The molecule has 0 aliphatic heterocycles. The fourth-order valence-electron chi connectivity index (χ4n) is 2.97. The fourth-order valence-corrected chi connectivity index (χ4v) is 3.45. The quantitative estimate of drug-likeness (QED) is 0.655. The van der Waals surface area contributed by atoms with E-state index in [4.69, 9.17) is 5.11 Å². The number of aliphatic carboxylic acids is 1. The number of amides is 2. The maximum atomic E-state index is 12.6. The Balaban J connectivity index is 1.95. The van der Waals surface area contributed by atoms with Gasteiger partial charge in [-0.15, -0.1) is 0 Å². The lowest BCUT2D eigenvalue weighted by Crippen LogP contribution is -2.49. The van der Waals surface area contributed by atoms with E-state index in [0.29, 0.717) is 31.2 Å². The van der Waals surface area contributed by atoms with Crippen LogP contribution in [0.4, 0.5) is 0 Å². The molecule has 25 heavy (non-hydrogen) atoms. The van der Waals surface area contributed by atoms with Crippen molar-refractivity contribution in [3.8, 4) is 0 Å². The highest BCUT2D eigenvalue weighted by molar-refractivity contribution is 7.98. The first kappa shape index (κ1) is 19.3. The maximum Gasteiger partial charge on any atom is 0.306 e. The first-order chi connectivity index (χ1) is 12.0. The average Bonchev–Trinajstić information content (AvgIpc) is 3.07. The Morgan fingerprint density at radius 1 is 1.24 bits per heavy atom. The van der Waals surface area contributed by atoms with E-state index >= 15 is 0 Å². The van der Waals surface area contributed by atoms with Crippen LogP contribution in [-0.4, -0.2) is 47.0 Å². The summed E-state index contributed by atoms with van der Waals surface area (Å²) in [4.78, 5) is 35.9. The Morgan fingerprint density at radius 2 is 1.96 bits per heavy atom. The fraction of sp³-hybridized carbons (Fsp3) is 0.500. The van der Waals surface area contributed by atoms with Crippen LogP contribution in [0.15, 0.2) is 30.3 Å². The zero-order chi connectivity index (χ0) is 18.2. The summed E-state index contributed by atoms with van der Waals surface area (Å²) in [5, 5.41) is 14.8. The van der Waals surface area contributed by atoms with Gasteiger partial charge in [0.25, 0.3) is 5.91 Å². The summed E-state index contributed by atoms with van der Waals surface area (Å²) >= 11 is 1.61. The topological polar surface area (TPSA) is 95.5 Å². The number of thioether (sulfide) groups is 1. The van der Waals surface area contributed by atoms with E-state index in [2.05, 4.69) is 10.6 Å². The van der Waals surface area contributed by atoms with Gasteiger partial charge in [-0.05, 0) is 49.8 Å². The van der Waals surface area contributed by atoms with Crippen LogP contribution in [0, 0.1) is 5.92 Å². The van der Waals surface area contributed by atoms with Gasteiger partial charge in [-0.1, -0.05) is 18.2 Å². The van der Waals surface area contributed by atoms with E-state index in [0.717, 1.165) is 5.75 Å². The summed E-state index contributed by atoms with van der Waals surface area (Å²) in [5.41, 5.74) is 0.510. The van der Waals surface area contributed by atoms with Gasteiger partial charge in [0.05, 0.1) is 5.92 Å². The lowest BCUT2D eigenvalue weighted by molar-refractivity contribution is -0.141. The van der Waals surface area contributed by atoms with E-state index in [1.807, 2.05) is 12.3 Å². The molecule has 0 aromatic heterocycles. The number of nitrogens with one attached hydrogen (secondary N) is 2. The number of carbonyl (C=O) groups is 3. The molecule has 0 saturated heterocycles. The van der Waals surface area contributed by atoms with Crippen molar-refractivity contribution >= 4 is 29.5 Å². The van der Waals surface area contributed by atoms with Gasteiger partial charge in [0.15, 0.2) is 0 Å². The normalized spacial score (nSPS) is 20.7. The summed E-state index contributed by atoms with van der Waals surface area (Å²) in [6.45, 7) is 0. The van der Waals surface area contributed by atoms with Gasteiger partial charge in [0.1, 0.15) is 6.04 Å². The van der Waals surface area contributed by atoms with Gasteiger partial charge in [0, 0.05) is 11.6 Å². The Morgan fingerprint density at radius 3 is 2.56 bits per heavy atom. The highest BCUT2D eigenvalue weighted by Gasteiger charge is 2.32. The summed E-state index contributed by atoms with van der Waals surface area (Å²) in [7, 11) is 0. The molecule has 1 unspecified atom stereocenters. The van der Waals surface area contributed by atoms with Crippen molar-refractivity contribution in [3.05, 3.63) is 35.9 Å². The lowest BCUT2D eigenvalue weighted by atomic mass is 10.1. The highest BCUT2D eigenvalue weighted by Crippen LogP contribution is 2.25. The molecule has 7 heteroatoms. The van der Waals surface area contributed by atoms with E-state index in [1.165, 1.54) is 0 Å². The predicted molar refractivity (Wildman–Crippen MR) is 97.6 cm³/mol. The van der Waals surface area contributed by atoms with Crippen LogP contribution >= 0.6 is 11.8 Å². The Bertz CT molecular complexity index is 608. The molecule has 1 aliphatic rings. The predicted octanol–water partition coefficient (Wildman–Crippen LogP) is 1.91. The van der Waals surface area contributed by atoms with Gasteiger partial charge < -0.3 is 15.7 Å². The van der Waals surface area contributed by atoms with Crippen molar-refractivity contribution in [2.24, 2.45) is 5.92 Å². The average molecular weight is 364 g/mol. The molecule has 1 aromatic carbocycles. The van der Waals surface area contributed by atoms with Gasteiger partial charge in [-0.3, -0.25) is 14.4 Å². The molecule has 6 nitrogen and oxygen atoms in total. The molecular formula is C18H24N2O4S. The molecule has 136 valence electrons. The minimum atomic E-state index is -0.812. The molecule has 1 saturated carbocycles. The molecule has 1 aromatic rings. The second-order valence-corrected chi connectivity index (χ2v) is 7.21. The molecule has 3 N–H and O–H groups in total. The number of rotatable bonds is 8. The number of carboxylic acid groups (broad SMARTS) is 1. The minimum absolute atomic E-state index is 0.140. The molecular weight excluding hydrogens is 340 g/mol. The largest absolute Gasteiger partial charge is 0.481 e. The lowest BCUT2D eigenvalue weighted by Gasteiger charge is -2.21. The van der Waals surface area contributed by atoms with Crippen LogP contribution in [0.5, 0.6) is 0 Å². The summed E-state index contributed by atoms with van der Waals surface area (Å²) in [6, 6.07) is 8.02. The molecule has 2 amide bonds. The number of benzene rings is 1. The van der Waals surface area contributed by atoms with Crippen molar-refractivity contribution in [1.82, 2.24) is 10.6 Å². The third-order valence-electron chi connectivity index (χ3n) is 4.40. The minimum Gasteiger partial charge on any atom is -0.481 e. The van der Waals surface area contributed by atoms with E-state index in [9.17, 15) is 14.4 Å². The zero-order valence-corrected chi connectivity index (χ0v) is 15.1. The molecule has 3 atom stereocenters. The highest BCUT2D eigenvalue weighted by atomic mass is 32.2. The molecule has 0 heterocycles. The Kier molecular flexibility index (Phi) is 7.31. The summed E-state index contributed by atoms with van der Waals surface area (Å²) in [5.74, 6) is -0.983. The molecule has 1 fully saturated rings. The van der Waals surface area contributed by atoms with E-state index < -0.39 is 17.9 Å². The molecule has 0 bridgehead atoms. The van der Waals surface area contributed by atoms with Gasteiger partial charge in [-0.25, -0.2) is 0 Å². The van der Waals surface area contributed by atoms with Crippen LogP contribution in [-0.2, 0) is 9.59 Å². The van der Waals surface area contributed by atoms with Crippen molar-refractivity contribution in [1.29, 1.82) is 0 Å². The molecule has 1 aliphatic carbocycles. The smallest absolute Gasteiger partial charge is 0.306 e. The van der Waals surface area contributed by atoms with Gasteiger partial charge in [0.2, 0.25) is 5.91 Å². The summed E-state index contributed by atoms with van der Waals surface area (Å²) < 4.78 is 0. The number of carbonyl (C=O) groups excluding carboxylic acids is 2. The SMILES string of the molecule is CSCCC(NC(=O)c1ccccc1)C(=O)N[C@@H]1CC[C@H](C(=O)O)C1. The first-order valence-electron chi connectivity index (χ1n) is 8.39. The second kappa shape index (κ2) is 9.46. The van der Waals surface area contributed by atoms with E-state index in [1.54, 1.807) is 36.0 Å².